The van der Waals surface area contributed by atoms with Crippen molar-refractivity contribution >= 4 is 22.4 Å². The van der Waals surface area contributed by atoms with Crippen LogP contribution in [0.2, 0.25) is 0 Å². The van der Waals surface area contributed by atoms with Crippen molar-refractivity contribution in [2.45, 2.75) is 20.3 Å². The van der Waals surface area contributed by atoms with Crippen molar-refractivity contribution in [3.8, 4) is 11.5 Å². The van der Waals surface area contributed by atoms with E-state index in [1.54, 1.807) is 32.4 Å². The van der Waals surface area contributed by atoms with Gasteiger partial charge in [0.05, 0.1) is 19.9 Å². The molecule has 0 radical (unpaired) electrons. The lowest BCUT2D eigenvalue weighted by atomic mass is 10.2. The largest absolute Gasteiger partial charge is 0.497 e. The first-order valence-electron chi connectivity index (χ1n) is 6.58. The summed E-state index contributed by atoms with van der Waals surface area (Å²) < 4.78 is 10.3. The smallest absolute Gasteiger partial charge is 0.257 e. The first kappa shape index (κ1) is 15.3. The molecule has 0 unspecified atom stereocenters. The van der Waals surface area contributed by atoms with E-state index in [1.165, 1.54) is 11.3 Å². The van der Waals surface area contributed by atoms with Gasteiger partial charge in [-0.15, -0.1) is 11.3 Å². The Morgan fingerprint density at radius 2 is 1.86 bits per heavy atom. The van der Waals surface area contributed by atoms with Crippen molar-refractivity contribution in [3.05, 3.63) is 34.3 Å². The van der Waals surface area contributed by atoms with Gasteiger partial charge in [0.15, 0.2) is 5.13 Å². The maximum absolute atomic E-state index is 12.3. The minimum absolute atomic E-state index is 0.233. The Kier molecular flexibility index (Phi) is 4.80. The minimum atomic E-state index is -0.233. The first-order valence-corrected chi connectivity index (χ1v) is 7.39. The van der Waals surface area contributed by atoms with E-state index in [1.807, 2.05) is 13.8 Å². The average molecular weight is 306 g/mol. The standard InChI is InChI=1S/C15H18N2O3S/c1-5-13-9(2)21-15(16-13)17-14(18)10-6-11(19-3)8-12(7-10)20-4/h6-8H,5H2,1-4H3,(H,16,17,18). The maximum atomic E-state index is 12.3. The molecule has 2 rings (SSSR count). The fraction of sp³-hybridized carbons (Fsp3) is 0.333. The number of hydrogen-bond donors (Lipinski definition) is 1. The number of aryl methyl sites for hydroxylation is 2. The van der Waals surface area contributed by atoms with Gasteiger partial charge in [0.25, 0.3) is 5.91 Å². The Morgan fingerprint density at radius 3 is 2.33 bits per heavy atom. The fourth-order valence-electron chi connectivity index (χ4n) is 1.92. The van der Waals surface area contributed by atoms with E-state index in [9.17, 15) is 4.79 Å². The predicted octanol–water partition coefficient (Wildman–Crippen LogP) is 3.28. The number of anilines is 1. The molecular formula is C15H18N2O3S. The highest BCUT2D eigenvalue weighted by Crippen LogP contribution is 2.25. The highest BCUT2D eigenvalue weighted by atomic mass is 32.1. The number of hydrogen-bond acceptors (Lipinski definition) is 5. The van der Waals surface area contributed by atoms with Gasteiger partial charge in [0, 0.05) is 16.5 Å². The van der Waals surface area contributed by atoms with Crippen molar-refractivity contribution < 1.29 is 14.3 Å². The topological polar surface area (TPSA) is 60.5 Å². The molecule has 0 aliphatic rings. The number of benzene rings is 1. The molecule has 2 aromatic rings. The molecule has 0 aliphatic carbocycles. The number of nitrogens with one attached hydrogen (secondary N) is 1. The molecule has 0 saturated carbocycles. The van der Waals surface area contributed by atoms with Gasteiger partial charge in [0.1, 0.15) is 11.5 Å². The summed E-state index contributed by atoms with van der Waals surface area (Å²) in [6.07, 6.45) is 0.852. The van der Waals surface area contributed by atoms with Gasteiger partial charge in [-0.25, -0.2) is 4.98 Å². The monoisotopic (exact) mass is 306 g/mol. The second kappa shape index (κ2) is 6.58. The minimum Gasteiger partial charge on any atom is -0.497 e. The van der Waals surface area contributed by atoms with Crippen molar-refractivity contribution in [2.24, 2.45) is 0 Å². The number of nitrogens with zero attached hydrogens (tertiary/aromatic N) is 1. The van der Waals surface area contributed by atoms with Crippen LogP contribution in [0.3, 0.4) is 0 Å². The Balaban J connectivity index is 2.23. The number of methoxy groups -OCH3 is 2. The van der Waals surface area contributed by atoms with E-state index in [4.69, 9.17) is 9.47 Å². The number of rotatable bonds is 5. The van der Waals surface area contributed by atoms with E-state index < -0.39 is 0 Å². The van der Waals surface area contributed by atoms with Crippen LogP contribution >= 0.6 is 11.3 Å². The summed E-state index contributed by atoms with van der Waals surface area (Å²) in [7, 11) is 3.10. The molecule has 0 saturated heterocycles. The molecule has 0 aliphatic heterocycles. The third kappa shape index (κ3) is 3.52. The molecule has 112 valence electrons. The molecule has 5 nitrogen and oxygen atoms in total. The Morgan fingerprint density at radius 1 is 1.24 bits per heavy atom. The summed E-state index contributed by atoms with van der Waals surface area (Å²) in [6.45, 7) is 4.04. The van der Waals surface area contributed by atoms with E-state index in [2.05, 4.69) is 10.3 Å². The highest BCUT2D eigenvalue weighted by molar-refractivity contribution is 7.15. The normalized spacial score (nSPS) is 10.3. The summed E-state index contributed by atoms with van der Waals surface area (Å²) in [5.74, 6) is 0.914. The summed E-state index contributed by atoms with van der Waals surface area (Å²) in [6, 6.07) is 5.05. The van der Waals surface area contributed by atoms with E-state index in [0.29, 0.717) is 22.2 Å². The zero-order valence-corrected chi connectivity index (χ0v) is 13.3. The average Bonchev–Trinajstić information content (AvgIpc) is 2.86. The summed E-state index contributed by atoms with van der Waals surface area (Å²) in [5, 5.41) is 3.42. The van der Waals surface area contributed by atoms with Gasteiger partial charge in [-0.05, 0) is 25.5 Å². The van der Waals surface area contributed by atoms with Gasteiger partial charge in [-0.2, -0.15) is 0 Å². The maximum Gasteiger partial charge on any atom is 0.257 e. The molecule has 0 bridgehead atoms. The van der Waals surface area contributed by atoms with Crippen LogP contribution in [-0.2, 0) is 6.42 Å². The number of thiazole rings is 1. The fourth-order valence-corrected chi connectivity index (χ4v) is 2.81. The van der Waals surface area contributed by atoms with Crippen LogP contribution in [0.5, 0.6) is 11.5 Å². The SMILES string of the molecule is CCc1nc(NC(=O)c2cc(OC)cc(OC)c2)sc1C. The van der Waals surface area contributed by atoms with Crippen LogP contribution in [-0.4, -0.2) is 25.1 Å². The van der Waals surface area contributed by atoms with Gasteiger partial charge >= 0.3 is 0 Å². The summed E-state index contributed by atoms with van der Waals surface area (Å²) in [5.41, 5.74) is 1.48. The first-order chi connectivity index (χ1) is 10.1. The third-order valence-electron chi connectivity index (χ3n) is 3.06. The van der Waals surface area contributed by atoms with Gasteiger partial charge < -0.3 is 9.47 Å². The highest BCUT2D eigenvalue weighted by Gasteiger charge is 2.13. The lowest BCUT2D eigenvalue weighted by Gasteiger charge is -2.08. The van der Waals surface area contributed by atoms with E-state index in [-0.39, 0.29) is 5.91 Å². The lowest BCUT2D eigenvalue weighted by molar-refractivity contribution is 0.102. The number of amides is 1. The van der Waals surface area contributed by atoms with Crippen LogP contribution < -0.4 is 14.8 Å². The molecule has 0 spiro atoms. The van der Waals surface area contributed by atoms with Crippen LogP contribution in [0.1, 0.15) is 27.9 Å². The lowest BCUT2D eigenvalue weighted by Crippen LogP contribution is -2.12. The quantitative estimate of drug-likeness (QED) is 0.921. The molecule has 6 heteroatoms. The van der Waals surface area contributed by atoms with Crippen molar-refractivity contribution in [3.63, 3.8) is 0 Å². The molecule has 1 amide bonds. The molecule has 0 fully saturated rings. The summed E-state index contributed by atoms with van der Waals surface area (Å²) in [4.78, 5) is 17.8. The number of aromatic nitrogens is 1. The Hall–Kier alpha value is -2.08. The number of carbonyl (C=O) groups is 1. The summed E-state index contributed by atoms with van der Waals surface area (Å²) >= 11 is 1.48. The molecule has 0 atom stereocenters. The Bertz CT molecular complexity index is 630. The van der Waals surface area contributed by atoms with E-state index >= 15 is 0 Å². The number of ether oxygens (including phenoxy) is 2. The number of carbonyl (C=O) groups excluding carboxylic acids is 1. The van der Waals surface area contributed by atoms with Crippen molar-refractivity contribution in [1.82, 2.24) is 4.98 Å². The molecule has 1 heterocycles. The molecule has 1 aromatic carbocycles. The van der Waals surface area contributed by atoms with Crippen molar-refractivity contribution in [2.75, 3.05) is 19.5 Å². The third-order valence-corrected chi connectivity index (χ3v) is 3.99. The zero-order chi connectivity index (χ0) is 15.4. The van der Waals surface area contributed by atoms with Crippen LogP contribution in [0, 0.1) is 6.92 Å². The van der Waals surface area contributed by atoms with Gasteiger partial charge in [-0.1, -0.05) is 6.92 Å². The van der Waals surface area contributed by atoms with Crippen LogP contribution in [0.4, 0.5) is 5.13 Å². The van der Waals surface area contributed by atoms with Crippen LogP contribution in [0.15, 0.2) is 18.2 Å². The predicted molar refractivity (Wildman–Crippen MR) is 83.7 cm³/mol. The molecule has 21 heavy (non-hydrogen) atoms. The van der Waals surface area contributed by atoms with E-state index in [0.717, 1.165) is 17.0 Å². The Labute approximate surface area is 127 Å². The van der Waals surface area contributed by atoms with Gasteiger partial charge in [0.2, 0.25) is 0 Å². The molecule has 1 aromatic heterocycles. The van der Waals surface area contributed by atoms with Crippen LogP contribution in [0.25, 0.3) is 0 Å². The van der Waals surface area contributed by atoms with Crippen molar-refractivity contribution in [1.29, 1.82) is 0 Å². The van der Waals surface area contributed by atoms with Gasteiger partial charge in [-0.3, -0.25) is 10.1 Å². The second-order valence-electron chi connectivity index (χ2n) is 4.43. The molecular weight excluding hydrogens is 288 g/mol. The molecule has 1 N–H and O–H groups in total. The second-order valence-corrected chi connectivity index (χ2v) is 5.63. The zero-order valence-electron chi connectivity index (χ0n) is 12.5.